The summed E-state index contributed by atoms with van der Waals surface area (Å²) in [5.74, 6) is 0.402. The number of sulfonamides is 1. The highest BCUT2D eigenvalue weighted by atomic mass is 32.2. The van der Waals surface area contributed by atoms with Crippen LogP contribution in [0, 0.1) is 0 Å². The number of amides is 2. The molecule has 2 amide bonds. The minimum absolute atomic E-state index is 0.0520. The molecule has 0 aliphatic rings. The summed E-state index contributed by atoms with van der Waals surface area (Å²) in [5.41, 5.74) is 0.538. The van der Waals surface area contributed by atoms with Crippen molar-refractivity contribution in [3.63, 3.8) is 0 Å². The van der Waals surface area contributed by atoms with Gasteiger partial charge in [-0.25, -0.2) is 8.42 Å². The molecule has 1 atom stereocenters. The summed E-state index contributed by atoms with van der Waals surface area (Å²) in [6, 6.07) is 19.5. The van der Waals surface area contributed by atoms with Gasteiger partial charge in [-0.05, 0) is 107 Å². The van der Waals surface area contributed by atoms with Crippen molar-refractivity contribution in [1.82, 2.24) is 10.2 Å². The van der Waals surface area contributed by atoms with Gasteiger partial charge in [-0.2, -0.15) is 0 Å². The molecule has 0 spiro atoms. The molecule has 3 rings (SSSR count). The van der Waals surface area contributed by atoms with E-state index in [4.69, 9.17) is 9.47 Å². The van der Waals surface area contributed by atoms with Crippen molar-refractivity contribution in [3.05, 3.63) is 78.4 Å². The van der Waals surface area contributed by atoms with Crippen LogP contribution in [0.3, 0.4) is 0 Å². The van der Waals surface area contributed by atoms with E-state index in [1.165, 1.54) is 28.8 Å². The second kappa shape index (κ2) is 15.3. The minimum atomic E-state index is -4.18. The molecule has 3 aromatic carbocycles. The summed E-state index contributed by atoms with van der Waals surface area (Å²) < 4.78 is 40.1. The number of anilines is 1. The van der Waals surface area contributed by atoms with E-state index >= 15 is 0 Å². The third-order valence-electron chi connectivity index (χ3n) is 6.76. The zero-order chi connectivity index (χ0) is 32.5. The van der Waals surface area contributed by atoms with Crippen LogP contribution in [0.1, 0.15) is 46.6 Å². The van der Waals surface area contributed by atoms with E-state index in [0.29, 0.717) is 30.2 Å². The van der Waals surface area contributed by atoms with Gasteiger partial charge in [0.05, 0.1) is 24.3 Å². The largest absolute Gasteiger partial charge is 0.497 e. The van der Waals surface area contributed by atoms with Crippen LogP contribution in [0.5, 0.6) is 11.5 Å². The highest BCUT2D eigenvalue weighted by Crippen LogP contribution is 2.28. The molecule has 3 aromatic rings. The van der Waals surface area contributed by atoms with E-state index in [2.05, 4.69) is 5.32 Å². The Bertz CT molecular complexity index is 1490. The highest BCUT2D eigenvalue weighted by Gasteiger charge is 2.34. The first kappa shape index (κ1) is 34.8. The van der Waals surface area contributed by atoms with Crippen molar-refractivity contribution in [2.75, 3.05) is 30.8 Å². The maximum absolute atomic E-state index is 14.3. The number of nitrogens with one attached hydrogen (secondary N) is 1. The number of benzene rings is 3. The number of ether oxygens (including phenoxy) is 2. The first-order chi connectivity index (χ1) is 20.8. The second-order valence-electron chi connectivity index (χ2n) is 11.1. The predicted molar refractivity (Wildman–Crippen MR) is 176 cm³/mol. The van der Waals surface area contributed by atoms with Crippen LogP contribution in [0.25, 0.3) is 0 Å². The Labute approximate surface area is 266 Å². The molecule has 0 saturated carbocycles. The summed E-state index contributed by atoms with van der Waals surface area (Å²) in [7, 11) is -2.61. The first-order valence-corrected chi connectivity index (χ1v) is 17.1. The summed E-state index contributed by atoms with van der Waals surface area (Å²) in [6.45, 7) is 9.33. The average molecular weight is 642 g/mol. The summed E-state index contributed by atoms with van der Waals surface area (Å²) in [6.07, 6.45) is 2.24. The maximum Gasteiger partial charge on any atom is 0.264 e. The fourth-order valence-electron chi connectivity index (χ4n) is 4.58. The molecule has 0 saturated heterocycles. The van der Waals surface area contributed by atoms with Crippen molar-refractivity contribution in [3.8, 4) is 11.5 Å². The first-order valence-electron chi connectivity index (χ1n) is 14.5. The lowest BCUT2D eigenvalue weighted by Crippen LogP contribution is -2.55. The van der Waals surface area contributed by atoms with Crippen molar-refractivity contribution in [2.45, 2.75) is 69.0 Å². The van der Waals surface area contributed by atoms with Gasteiger partial charge in [0.15, 0.2) is 0 Å². The number of rotatable bonds is 14. The number of hydrogen-bond donors (Lipinski definition) is 1. The molecular weight excluding hydrogens is 599 g/mol. The Morgan fingerprint density at radius 1 is 0.909 bits per heavy atom. The van der Waals surface area contributed by atoms with Crippen LogP contribution in [-0.4, -0.2) is 63.2 Å². The third-order valence-corrected chi connectivity index (χ3v) is 9.29. The van der Waals surface area contributed by atoms with Crippen molar-refractivity contribution in [2.24, 2.45) is 0 Å². The van der Waals surface area contributed by atoms with Crippen molar-refractivity contribution >= 4 is 39.3 Å². The molecule has 1 N–H and O–H groups in total. The summed E-state index contributed by atoms with van der Waals surface area (Å²) in [5, 5.41) is 2.98. The van der Waals surface area contributed by atoms with Crippen LogP contribution >= 0.6 is 11.8 Å². The molecule has 0 aliphatic heterocycles. The van der Waals surface area contributed by atoms with E-state index in [1.807, 2.05) is 53.0 Å². The lowest BCUT2D eigenvalue weighted by molar-refractivity contribution is -0.141. The predicted octanol–water partition coefficient (Wildman–Crippen LogP) is 5.73. The van der Waals surface area contributed by atoms with Gasteiger partial charge in [-0.3, -0.25) is 13.9 Å². The van der Waals surface area contributed by atoms with Gasteiger partial charge in [-0.15, -0.1) is 11.8 Å². The Morgan fingerprint density at radius 2 is 1.50 bits per heavy atom. The number of hydrogen-bond acceptors (Lipinski definition) is 7. The number of methoxy groups -OCH3 is 1. The topological polar surface area (TPSA) is 105 Å². The zero-order valence-corrected chi connectivity index (χ0v) is 28.1. The Hall–Kier alpha value is -3.70. The number of carbonyl (C=O) groups excluding carboxylic acids is 2. The molecule has 11 heteroatoms. The van der Waals surface area contributed by atoms with Gasteiger partial charge in [0.2, 0.25) is 11.8 Å². The van der Waals surface area contributed by atoms with E-state index in [9.17, 15) is 18.0 Å². The molecule has 44 heavy (non-hydrogen) atoms. The fraction of sp³-hybridized carbons (Fsp3) is 0.394. The monoisotopic (exact) mass is 641 g/mol. The van der Waals surface area contributed by atoms with E-state index in [0.717, 1.165) is 14.8 Å². The third kappa shape index (κ3) is 9.15. The average Bonchev–Trinajstić information content (AvgIpc) is 2.99. The smallest absolute Gasteiger partial charge is 0.264 e. The molecule has 0 heterocycles. The number of nitrogens with zero attached hydrogens (tertiary/aromatic N) is 2. The Morgan fingerprint density at radius 3 is 2.00 bits per heavy atom. The standard InChI is InChI=1S/C33H43N3O6S2/c1-8-30(32(38)34-33(3,4)5)35(22-24-10-14-26(41-6)15-11-24)31(37)23-36(25-12-16-27(17-13-25)42-9-2)44(39,40)29-20-18-28(43-7)19-21-29/h10-21,30H,8-9,22-23H2,1-7H3,(H,34,38)/t30-/m0/s1. The molecule has 0 aromatic heterocycles. The summed E-state index contributed by atoms with van der Waals surface area (Å²) >= 11 is 1.50. The van der Waals surface area contributed by atoms with Crippen LogP contribution in [-0.2, 0) is 26.2 Å². The fourth-order valence-corrected chi connectivity index (χ4v) is 6.40. The highest BCUT2D eigenvalue weighted by molar-refractivity contribution is 7.98. The molecule has 238 valence electrons. The quantitative estimate of drug-likeness (QED) is 0.224. The molecule has 0 bridgehead atoms. The van der Waals surface area contributed by atoms with Gasteiger partial charge < -0.3 is 19.7 Å². The Kier molecular flexibility index (Phi) is 12.1. The van der Waals surface area contributed by atoms with Crippen LogP contribution in [0.15, 0.2) is 82.6 Å². The van der Waals surface area contributed by atoms with Crippen LogP contribution in [0.2, 0.25) is 0 Å². The van der Waals surface area contributed by atoms with E-state index < -0.39 is 34.1 Å². The van der Waals surface area contributed by atoms with Crippen molar-refractivity contribution in [1.29, 1.82) is 0 Å². The Balaban J connectivity index is 2.07. The van der Waals surface area contributed by atoms with Gasteiger partial charge in [0.1, 0.15) is 24.1 Å². The van der Waals surface area contributed by atoms with E-state index in [-0.39, 0.29) is 17.3 Å². The minimum Gasteiger partial charge on any atom is -0.497 e. The molecule has 9 nitrogen and oxygen atoms in total. The summed E-state index contributed by atoms with van der Waals surface area (Å²) in [4.78, 5) is 30.2. The lowest BCUT2D eigenvalue weighted by Gasteiger charge is -2.34. The number of thioether (sulfide) groups is 1. The van der Waals surface area contributed by atoms with Crippen molar-refractivity contribution < 1.29 is 27.5 Å². The van der Waals surface area contributed by atoms with Gasteiger partial charge >= 0.3 is 0 Å². The van der Waals surface area contributed by atoms with E-state index in [1.54, 1.807) is 55.6 Å². The maximum atomic E-state index is 14.3. The normalized spacial score (nSPS) is 12.2. The molecular formula is C33H43N3O6S2. The SMILES string of the molecule is CCOc1ccc(N(CC(=O)N(Cc2ccc(OC)cc2)[C@@H](CC)C(=O)NC(C)(C)C)S(=O)(=O)c2ccc(SC)cc2)cc1. The second-order valence-corrected chi connectivity index (χ2v) is 13.9. The van der Waals surface area contributed by atoms with Gasteiger partial charge in [0, 0.05) is 17.0 Å². The van der Waals surface area contributed by atoms with Crippen LogP contribution in [0.4, 0.5) is 5.69 Å². The van der Waals surface area contributed by atoms with Gasteiger partial charge in [-0.1, -0.05) is 19.1 Å². The molecule has 0 fully saturated rings. The molecule has 0 unspecified atom stereocenters. The lowest BCUT2D eigenvalue weighted by atomic mass is 10.1. The molecule has 0 radical (unpaired) electrons. The zero-order valence-electron chi connectivity index (χ0n) is 26.5. The van der Waals surface area contributed by atoms with Gasteiger partial charge in [0.25, 0.3) is 10.0 Å². The van der Waals surface area contributed by atoms with Crippen LogP contribution < -0.4 is 19.1 Å². The number of carbonyl (C=O) groups is 2. The molecule has 0 aliphatic carbocycles.